The molecule has 22 heavy (non-hydrogen) atoms. The molecule has 0 radical (unpaired) electrons. The molecule has 0 spiro atoms. The quantitative estimate of drug-likeness (QED) is 0.810. The number of hydrogen-bond donors (Lipinski definition) is 0. The fraction of sp³-hybridized carbons (Fsp3) is 0.529. The largest absolute Gasteiger partial charge is 0.304 e. The number of nitrogens with zero attached hydrogens (tertiary/aromatic N) is 4. The first-order valence-corrected chi connectivity index (χ1v) is 8.63. The number of benzene rings is 1. The van der Waals surface area contributed by atoms with E-state index in [4.69, 9.17) is 17.3 Å². The molecule has 116 valence electrons. The van der Waals surface area contributed by atoms with Crippen LogP contribution in [0, 0.1) is 4.77 Å². The average Bonchev–Trinajstić information content (AvgIpc) is 3.33. The summed E-state index contributed by atoms with van der Waals surface area (Å²) in [5.74, 6) is 1.84. The van der Waals surface area contributed by atoms with Gasteiger partial charge in [-0.2, -0.15) is 5.10 Å². The summed E-state index contributed by atoms with van der Waals surface area (Å²) in [4.78, 5) is 2.45. The van der Waals surface area contributed by atoms with Gasteiger partial charge >= 0.3 is 0 Å². The van der Waals surface area contributed by atoms with Gasteiger partial charge in [0.15, 0.2) is 4.77 Å². The number of fused-ring (bicyclic) bond motifs is 1. The fourth-order valence-electron chi connectivity index (χ4n) is 3.36. The SMILES string of the molecule is CCn1c(C2CC2)nn(CN2CCc3ccccc3C2)c1=S. The van der Waals surface area contributed by atoms with Crippen LogP contribution in [0.1, 0.15) is 42.6 Å². The molecule has 0 N–H and O–H groups in total. The molecule has 1 saturated carbocycles. The van der Waals surface area contributed by atoms with E-state index in [2.05, 4.69) is 40.7 Å². The van der Waals surface area contributed by atoms with Gasteiger partial charge in [0, 0.05) is 25.6 Å². The van der Waals surface area contributed by atoms with Crippen LogP contribution in [0.3, 0.4) is 0 Å². The molecule has 0 saturated heterocycles. The third-order valence-corrected chi connectivity index (χ3v) is 5.18. The highest BCUT2D eigenvalue weighted by molar-refractivity contribution is 7.71. The Kier molecular flexibility index (Phi) is 3.62. The van der Waals surface area contributed by atoms with E-state index >= 15 is 0 Å². The average molecular weight is 314 g/mol. The number of hydrogen-bond acceptors (Lipinski definition) is 3. The first-order chi connectivity index (χ1) is 10.8. The summed E-state index contributed by atoms with van der Waals surface area (Å²) in [5, 5.41) is 4.83. The second-order valence-electron chi connectivity index (χ2n) is 6.37. The normalized spacial score (nSPS) is 18.4. The summed E-state index contributed by atoms with van der Waals surface area (Å²) >= 11 is 5.64. The summed E-state index contributed by atoms with van der Waals surface area (Å²) in [6, 6.07) is 8.75. The molecule has 4 rings (SSSR count). The second kappa shape index (κ2) is 5.63. The molecule has 0 bridgehead atoms. The summed E-state index contributed by atoms with van der Waals surface area (Å²) in [6.07, 6.45) is 3.65. The van der Waals surface area contributed by atoms with Crippen LogP contribution in [0.4, 0.5) is 0 Å². The van der Waals surface area contributed by atoms with Gasteiger partial charge in [-0.25, -0.2) is 4.68 Å². The van der Waals surface area contributed by atoms with Crippen molar-refractivity contribution in [3.63, 3.8) is 0 Å². The molecule has 1 aromatic heterocycles. The summed E-state index contributed by atoms with van der Waals surface area (Å²) in [6.45, 7) is 5.96. The van der Waals surface area contributed by atoms with Crippen molar-refractivity contribution in [1.82, 2.24) is 19.2 Å². The topological polar surface area (TPSA) is 26.0 Å². The molecule has 0 atom stereocenters. The molecule has 5 heteroatoms. The van der Waals surface area contributed by atoms with E-state index in [1.807, 2.05) is 4.68 Å². The van der Waals surface area contributed by atoms with Crippen LogP contribution in [0.25, 0.3) is 0 Å². The van der Waals surface area contributed by atoms with Crippen molar-refractivity contribution in [3.05, 3.63) is 46.0 Å². The highest BCUT2D eigenvalue weighted by Gasteiger charge is 2.30. The Balaban J connectivity index is 1.56. The van der Waals surface area contributed by atoms with Gasteiger partial charge in [-0.15, -0.1) is 0 Å². The van der Waals surface area contributed by atoms with Crippen LogP contribution in [0.5, 0.6) is 0 Å². The van der Waals surface area contributed by atoms with Crippen LogP contribution in [0.2, 0.25) is 0 Å². The van der Waals surface area contributed by atoms with E-state index in [-0.39, 0.29) is 0 Å². The minimum atomic E-state index is 0.644. The van der Waals surface area contributed by atoms with Gasteiger partial charge in [0.1, 0.15) is 5.82 Å². The lowest BCUT2D eigenvalue weighted by atomic mass is 10.0. The van der Waals surface area contributed by atoms with Gasteiger partial charge < -0.3 is 4.57 Å². The van der Waals surface area contributed by atoms with Crippen molar-refractivity contribution >= 4 is 12.2 Å². The molecule has 2 aromatic rings. The minimum Gasteiger partial charge on any atom is -0.304 e. The monoisotopic (exact) mass is 314 g/mol. The molecule has 1 aliphatic heterocycles. The molecule has 2 aliphatic rings. The van der Waals surface area contributed by atoms with Crippen molar-refractivity contribution in [2.45, 2.75) is 51.9 Å². The van der Waals surface area contributed by atoms with E-state index in [1.54, 1.807) is 0 Å². The predicted octanol–water partition coefficient (Wildman–Crippen LogP) is 3.33. The van der Waals surface area contributed by atoms with Crippen molar-refractivity contribution < 1.29 is 0 Å². The smallest absolute Gasteiger partial charge is 0.199 e. The zero-order valence-electron chi connectivity index (χ0n) is 13.0. The molecule has 2 heterocycles. The second-order valence-corrected chi connectivity index (χ2v) is 6.74. The van der Waals surface area contributed by atoms with Gasteiger partial charge in [-0.3, -0.25) is 4.90 Å². The fourth-order valence-corrected chi connectivity index (χ4v) is 3.68. The van der Waals surface area contributed by atoms with Crippen molar-refractivity contribution in [2.75, 3.05) is 6.54 Å². The van der Waals surface area contributed by atoms with Crippen molar-refractivity contribution in [2.24, 2.45) is 0 Å². The van der Waals surface area contributed by atoms with Gasteiger partial charge in [-0.05, 0) is 49.5 Å². The Labute approximate surface area is 136 Å². The van der Waals surface area contributed by atoms with E-state index in [9.17, 15) is 0 Å². The Morgan fingerprint density at radius 2 is 2.00 bits per heavy atom. The van der Waals surface area contributed by atoms with Crippen molar-refractivity contribution in [1.29, 1.82) is 0 Å². The van der Waals surface area contributed by atoms with E-state index < -0.39 is 0 Å². The number of aromatic nitrogens is 3. The van der Waals surface area contributed by atoms with E-state index in [0.717, 1.165) is 37.5 Å². The standard InChI is InChI=1S/C17H22N4S/c1-2-20-16(14-7-8-14)18-21(17(20)22)12-19-10-9-13-5-3-4-6-15(13)11-19/h3-6,14H,2,7-12H2,1H3. The highest BCUT2D eigenvalue weighted by atomic mass is 32.1. The van der Waals surface area contributed by atoms with Crippen LogP contribution >= 0.6 is 12.2 Å². The molecule has 1 aromatic carbocycles. The Bertz CT molecular complexity index is 741. The van der Waals surface area contributed by atoms with E-state index in [1.165, 1.54) is 29.8 Å². The maximum atomic E-state index is 5.64. The Hall–Kier alpha value is -1.46. The minimum absolute atomic E-state index is 0.644. The zero-order chi connectivity index (χ0) is 15.1. The Morgan fingerprint density at radius 1 is 1.23 bits per heavy atom. The molecular formula is C17H22N4S. The molecule has 4 nitrogen and oxygen atoms in total. The van der Waals surface area contributed by atoms with Crippen LogP contribution in [0.15, 0.2) is 24.3 Å². The van der Waals surface area contributed by atoms with Gasteiger partial charge in [0.2, 0.25) is 0 Å². The highest BCUT2D eigenvalue weighted by Crippen LogP contribution is 2.39. The summed E-state index contributed by atoms with van der Waals surface area (Å²) in [7, 11) is 0. The zero-order valence-corrected chi connectivity index (χ0v) is 13.9. The van der Waals surface area contributed by atoms with E-state index in [0.29, 0.717) is 5.92 Å². The van der Waals surface area contributed by atoms with Gasteiger partial charge in [0.05, 0.1) is 6.67 Å². The lowest BCUT2D eigenvalue weighted by Crippen LogP contribution is -2.32. The summed E-state index contributed by atoms with van der Waals surface area (Å²) in [5.41, 5.74) is 2.93. The van der Waals surface area contributed by atoms with Crippen molar-refractivity contribution in [3.8, 4) is 0 Å². The van der Waals surface area contributed by atoms with Gasteiger partial charge in [0.25, 0.3) is 0 Å². The molecular weight excluding hydrogens is 292 g/mol. The summed E-state index contributed by atoms with van der Waals surface area (Å²) < 4.78 is 5.12. The van der Waals surface area contributed by atoms with Crippen LogP contribution in [-0.2, 0) is 26.2 Å². The van der Waals surface area contributed by atoms with Crippen LogP contribution in [-0.4, -0.2) is 25.8 Å². The first kappa shape index (κ1) is 14.2. The van der Waals surface area contributed by atoms with Crippen LogP contribution < -0.4 is 0 Å². The molecule has 0 unspecified atom stereocenters. The lowest BCUT2D eigenvalue weighted by molar-refractivity contribution is 0.187. The maximum absolute atomic E-state index is 5.64. The Morgan fingerprint density at radius 3 is 2.73 bits per heavy atom. The first-order valence-electron chi connectivity index (χ1n) is 8.23. The predicted molar refractivity (Wildman–Crippen MR) is 89.3 cm³/mol. The maximum Gasteiger partial charge on any atom is 0.199 e. The van der Waals surface area contributed by atoms with Gasteiger partial charge in [-0.1, -0.05) is 24.3 Å². The third-order valence-electron chi connectivity index (χ3n) is 4.75. The third kappa shape index (κ3) is 2.52. The molecule has 0 amide bonds. The lowest BCUT2D eigenvalue weighted by Gasteiger charge is -2.28. The molecule has 1 aliphatic carbocycles. The number of rotatable bonds is 4. The molecule has 1 fully saturated rings.